The lowest BCUT2D eigenvalue weighted by molar-refractivity contribution is 0.556. The minimum atomic E-state index is -0.0420. The third kappa shape index (κ3) is 3.66. The van der Waals surface area contributed by atoms with Gasteiger partial charge < -0.3 is 4.42 Å². The Morgan fingerprint density at radius 3 is 2.39 bits per heavy atom. The van der Waals surface area contributed by atoms with Crippen molar-refractivity contribution in [3.8, 4) is 11.3 Å². The number of anilines is 1. The van der Waals surface area contributed by atoms with Gasteiger partial charge in [-0.15, -0.1) is 0 Å². The minimum absolute atomic E-state index is 0.0420. The van der Waals surface area contributed by atoms with Gasteiger partial charge in [0.05, 0.1) is 23.5 Å². The van der Waals surface area contributed by atoms with Crippen molar-refractivity contribution in [1.29, 1.82) is 0 Å². The molecule has 2 aromatic heterocycles. The van der Waals surface area contributed by atoms with E-state index in [4.69, 9.17) is 31.1 Å². The molecule has 6 heteroatoms. The fourth-order valence-corrected chi connectivity index (χ4v) is 4.40. The molecule has 0 aliphatic carbocycles. The zero-order valence-electron chi connectivity index (χ0n) is 17.6. The second-order valence-electron chi connectivity index (χ2n) is 7.90. The second-order valence-corrected chi connectivity index (χ2v) is 8.34. The Morgan fingerprint density at radius 1 is 0.848 bits per heavy atom. The molecule has 33 heavy (non-hydrogen) atoms. The molecule has 3 aromatic carbocycles. The van der Waals surface area contributed by atoms with Gasteiger partial charge in [0.2, 0.25) is 5.95 Å². The highest BCUT2D eigenvalue weighted by Crippen LogP contribution is 2.37. The first-order valence-corrected chi connectivity index (χ1v) is 11.1. The van der Waals surface area contributed by atoms with Crippen LogP contribution in [0.2, 0.25) is 5.02 Å². The molecule has 0 bridgehead atoms. The summed E-state index contributed by atoms with van der Waals surface area (Å²) in [5, 5.41) is 8.39. The molecule has 0 amide bonds. The highest BCUT2D eigenvalue weighted by atomic mass is 35.5. The summed E-state index contributed by atoms with van der Waals surface area (Å²) >= 11 is 6.33. The Balaban J connectivity index is 1.55. The number of furan rings is 1. The molecule has 1 atom stereocenters. The van der Waals surface area contributed by atoms with Gasteiger partial charge in [-0.25, -0.2) is 15.0 Å². The maximum absolute atomic E-state index is 6.33. The van der Waals surface area contributed by atoms with E-state index in [0.717, 1.165) is 39.2 Å². The summed E-state index contributed by atoms with van der Waals surface area (Å²) in [6.45, 7) is 0. The molecule has 160 valence electrons. The van der Waals surface area contributed by atoms with E-state index in [-0.39, 0.29) is 6.04 Å². The van der Waals surface area contributed by atoms with Gasteiger partial charge in [-0.2, -0.15) is 5.10 Å². The highest BCUT2D eigenvalue weighted by molar-refractivity contribution is 6.31. The molecule has 0 saturated carbocycles. The fraction of sp³-hybridized carbons (Fsp3) is 0.0741. The Hall–Kier alpha value is -3.96. The number of hydrogen-bond donors (Lipinski definition) is 0. The van der Waals surface area contributed by atoms with Crippen LogP contribution in [0.15, 0.2) is 107 Å². The Labute approximate surface area is 196 Å². The Morgan fingerprint density at radius 2 is 1.64 bits per heavy atom. The number of hydrazone groups is 1. The molecule has 5 aromatic rings. The predicted molar refractivity (Wildman–Crippen MR) is 132 cm³/mol. The van der Waals surface area contributed by atoms with Crippen molar-refractivity contribution >= 4 is 34.2 Å². The van der Waals surface area contributed by atoms with E-state index in [2.05, 4.69) is 12.1 Å². The first-order chi connectivity index (χ1) is 16.3. The van der Waals surface area contributed by atoms with Crippen LogP contribution in [0.25, 0.3) is 22.2 Å². The van der Waals surface area contributed by atoms with Gasteiger partial charge in [-0.3, -0.25) is 0 Å². The van der Waals surface area contributed by atoms with E-state index in [9.17, 15) is 0 Å². The average Bonchev–Trinajstić information content (AvgIpc) is 3.55. The van der Waals surface area contributed by atoms with Gasteiger partial charge in [0.25, 0.3) is 0 Å². The van der Waals surface area contributed by atoms with Crippen molar-refractivity contribution in [2.24, 2.45) is 5.10 Å². The minimum Gasteiger partial charge on any atom is -0.463 e. The number of halogens is 1. The van der Waals surface area contributed by atoms with Crippen LogP contribution < -0.4 is 5.01 Å². The molecule has 0 saturated heterocycles. The summed E-state index contributed by atoms with van der Waals surface area (Å²) in [5.41, 5.74) is 4.65. The van der Waals surface area contributed by atoms with Crippen molar-refractivity contribution in [1.82, 2.24) is 9.97 Å². The van der Waals surface area contributed by atoms with E-state index < -0.39 is 0 Å². The van der Waals surface area contributed by atoms with Crippen molar-refractivity contribution in [3.63, 3.8) is 0 Å². The molecule has 0 radical (unpaired) electrons. The van der Waals surface area contributed by atoms with Gasteiger partial charge in [0.15, 0.2) is 0 Å². The van der Waals surface area contributed by atoms with E-state index >= 15 is 0 Å². The van der Waals surface area contributed by atoms with Crippen LogP contribution in [0.5, 0.6) is 0 Å². The summed E-state index contributed by atoms with van der Waals surface area (Å²) in [5.74, 6) is 1.30. The third-order valence-electron chi connectivity index (χ3n) is 5.80. The maximum Gasteiger partial charge on any atom is 0.247 e. The average molecular weight is 451 g/mol. The molecule has 3 heterocycles. The molecule has 1 aliphatic rings. The van der Waals surface area contributed by atoms with Crippen molar-refractivity contribution in [2.45, 2.75) is 12.5 Å². The second kappa shape index (κ2) is 8.19. The molecule has 6 rings (SSSR count). The summed E-state index contributed by atoms with van der Waals surface area (Å²) in [4.78, 5) is 9.90. The largest absolute Gasteiger partial charge is 0.463 e. The van der Waals surface area contributed by atoms with Gasteiger partial charge in [0, 0.05) is 22.4 Å². The van der Waals surface area contributed by atoms with Crippen LogP contribution in [-0.4, -0.2) is 15.7 Å². The highest BCUT2D eigenvalue weighted by Gasteiger charge is 2.33. The predicted octanol–water partition coefficient (Wildman–Crippen LogP) is 6.90. The molecular weight excluding hydrogens is 432 g/mol. The fourth-order valence-electron chi connectivity index (χ4n) is 4.23. The van der Waals surface area contributed by atoms with E-state index in [1.165, 1.54) is 0 Å². The van der Waals surface area contributed by atoms with Crippen molar-refractivity contribution in [2.75, 3.05) is 5.01 Å². The SMILES string of the molecule is Clc1ccc2nc(N3N=C(c4ccco4)C[C@H]3c3ccccc3)nc(-c3ccccc3)c2c1. The number of hydrogen-bond acceptors (Lipinski definition) is 5. The summed E-state index contributed by atoms with van der Waals surface area (Å²) < 4.78 is 5.65. The number of benzene rings is 3. The van der Waals surface area contributed by atoms with E-state index in [0.29, 0.717) is 17.4 Å². The molecule has 0 unspecified atom stereocenters. The van der Waals surface area contributed by atoms with Crippen molar-refractivity contribution in [3.05, 3.63) is 114 Å². The van der Waals surface area contributed by atoms with Gasteiger partial charge in [-0.05, 0) is 35.9 Å². The lowest BCUT2D eigenvalue weighted by Crippen LogP contribution is -2.21. The zero-order chi connectivity index (χ0) is 22.2. The first-order valence-electron chi connectivity index (χ1n) is 10.7. The molecule has 0 fully saturated rings. The van der Waals surface area contributed by atoms with E-state index in [1.807, 2.05) is 83.9 Å². The quantitative estimate of drug-likeness (QED) is 0.299. The number of fused-ring (bicyclic) bond motifs is 1. The van der Waals surface area contributed by atoms with Crippen LogP contribution in [0.1, 0.15) is 23.8 Å². The lowest BCUT2D eigenvalue weighted by Gasteiger charge is -2.23. The zero-order valence-corrected chi connectivity index (χ0v) is 18.4. The van der Waals surface area contributed by atoms with Crippen LogP contribution in [0.3, 0.4) is 0 Å². The molecule has 0 spiro atoms. The molecule has 0 N–H and O–H groups in total. The standard InChI is InChI=1S/C27H19ClN4O/c28-20-13-14-22-21(16-20)26(19-10-5-2-6-11-19)30-27(29-22)32-24(18-8-3-1-4-9-18)17-23(31-32)25-12-7-15-33-25/h1-16,24H,17H2/t24-/m0/s1. The molecular formula is C27H19ClN4O. The van der Waals surface area contributed by atoms with Crippen LogP contribution in [0.4, 0.5) is 5.95 Å². The van der Waals surface area contributed by atoms with Crippen LogP contribution >= 0.6 is 11.6 Å². The summed E-state index contributed by atoms with van der Waals surface area (Å²) in [7, 11) is 0. The Kier molecular flexibility index (Phi) is 4.89. The first kappa shape index (κ1) is 19.7. The topological polar surface area (TPSA) is 54.5 Å². The maximum atomic E-state index is 6.33. The van der Waals surface area contributed by atoms with Gasteiger partial charge >= 0.3 is 0 Å². The third-order valence-corrected chi connectivity index (χ3v) is 6.03. The lowest BCUT2D eigenvalue weighted by atomic mass is 10.0. The van der Waals surface area contributed by atoms with Crippen molar-refractivity contribution < 1.29 is 4.42 Å². The summed E-state index contributed by atoms with van der Waals surface area (Å²) in [6.07, 6.45) is 2.36. The monoisotopic (exact) mass is 450 g/mol. The van der Waals surface area contributed by atoms with Crippen LogP contribution in [-0.2, 0) is 0 Å². The normalized spacial score (nSPS) is 15.7. The Bertz CT molecular complexity index is 1450. The number of rotatable bonds is 4. The smallest absolute Gasteiger partial charge is 0.247 e. The van der Waals surface area contributed by atoms with Gasteiger partial charge in [-0.1, -0.05) is 72.3 Å². The molecule has 5 nitrogen and oxygen atoms in total. The number of aromatic nitrogens is 2. The van der Waals surface area contributed by atoms with Crippen LogP contribution in [0, 0.1) is 0 Å². The number of nitrogens with zero attached hydrogens (tertiary/aromatic N) is 4. The summed E-state index contributed by atoms with van der Waals surface area (Å²) in [6, 6.07) is 29.9. The molecule has 1 aliphatic heterocycles. The van der Waals surface area contributed by atoms with Gasteiger partial charge in [0.1, 0.15) is 11.5 Å². The van der Waals surface area contributed by atoms with E-state index in [1.54, 1.807) is 6.26 Å².